The maximum atomic E-state index is 12.9. The molecular weight excluding hydrogens is 1130 g/mol. The van der Waals surface area contributed by atoms with Crippen molar-refractivity contribution in [2.24, 2.45) is 15.3 Å². The van der Waals surface area contributed by atoms with Crippen LogP contribution in [-0.4, -0.2) is 39.1 Å². The van der Waals surface area contributed by atoms with E-state index in [0.717, 1.165) is 60.6 Å². The maximum absolute atomic E-state index is 12.9. The minimum atomic E-state index is -4.41. The predicted molar refractivity (Wildman–Crippen MR) is 301 cm³/mol. The largest absolute Gasteiger partial charge is 0.475 e. The smallest absolute Gasteiger partial charge is 0.421 e. The maximum Gasteiger partial charge on any atom is 0.475 e. The van der Waals surface area contributed by atoms with Gasteiger partial charge < -0.3 is 40.0 Å². The second-order valence-corrected chi connectivity index (χ2v) is 17.6. The van der Waals surface area contributed by atoms with Gasteiger partial charge in [-0.15, -0.1) is 14.9 Å². The summed E-state index contributed by atoms with van der Waals surface area (Å²) in [6.45, 7) is 22.0. The zero-order valence-electron chi connectivity index (χ0n) is 43.6. The number of alkyl halides is 9. The molecule has 0 bridgehead atoms. The lowest BCUT2D eigenvalue weighted by Crippen LogP contribution is -2.36. The zero-order valence-corrected chi connectivity index (χ0v) is 44.3. The number of nitrogens with two attached hydrogens (primary N) is 1. The molecule has 0 saturated carbocycles. The Morgan fingerprint density at radius 2 is 1.01 bits per heavy atom. The zero-order chi connectivity index (χ0) is 60.5. The molecule has 9 rings (SSSR count). The van der Waals surface area contributed by atoms with E-state index in [1.165, 1.54) is 36.4 Å². The molecule has 1 aromatic heterocycles. The number of rotatable bonds is 8. The highest BCUT2D eigenvalue weighted by atomic mass is 35.5. The van der Waals surface area contributed by atoms with E-state index in [1.54, 1.807) is 60.8 Å². The van der Waals surface area contributed by atoms with E-state index in [-0.39, 0.29) is 24.1 Å². The monoisotopic (exact) mass is 1180 g/mol. The highest BCUT2D eigenvalue weighted by Gasteiger charge is 2.35. The summed E-state index contributed by atoms with van der Waals surface area (Å²) in [5, 5.41) is 17.2. The first-order valence-corrected chi connectivity index (χ1v) is 25.0. The topological polar surface area (TPSA) is 149 Å². The van der Waals surface area contributed by atoms with Gasteiger partial charge in [-0.05, 0) is 140 Å². The summed E-state index contributed by atoms with van der Waals surface area (Å²) in [6, 6.07) is 47.3. The third-order valence-electron chi connectivity index (χ3n) is 11.3. The second kappa shape index (κ2) is 30.3. The highest BCUT2D eigenvalue weighted by molar-refractivity contribution is 6.30. The summed E-state index contributed by atoms with van der Waals surface area (Å²) in [7, 11) is 0. The summed E-state index contributed by atoms with van der Waals surface area (Å²) in [5.74, 6) is 2.69. The molecule has 8 aromatic rings. The number of amidine groups is 1. The molecule has 0 spiro atoms. The molecule has 1 aliphatic rings. The standard InChI is InChI=1S/C23H20ClF3N6.C15H10F3N3O.C14H10N2O2.C7H6F3N/c1-28-31-22(30-19-10-6-17(7-11-19)23(25,26)27)33-13-2-3-20(33)21-29-12-14-32(21)15-16-4-8-18(24)9-5-16;1-19-21-14(22-13-5-3-2-4-6-13)20-12-9-7-11(8-10-12)15(16,17)18;1-15-16-14(17-12-8-4-2-5-9-12)18-13-10-6-3-7-11-13;8-7(9,10)5-1-3-6(11)4-2-5/h4-12,14,20H,2-3,13,15H2,(H,30,31);2-10H,(H,20,21);2-11H;1-4H,11H2. The van der Waals surface area contributed by atoms with Crippen molar-refractivity contribution >= 4 is 46.7 Å². The summed E-state index contributed by atoms with van der Waals surface area (Å²) in [6.07, 6.45) is -7.87. The fourth-order valence-electron chi connectivity index (χ4n) is 7.44. The fraction of sp³-hybridized carbons (Fsp3) is 0.136. The molecular formula is C59H46ClF9N12O3. The third kappa shape index (κ3) is 20.2. The Labute approximate surface area is 480 Å². The van der Waals surface area contributed by atoms with Crippen LogP contribution in [0.3, 0.4) is 0 Å². The number of hydrogen-bond donors (Lipinski definition) is 3. The lowest BCUT2D eigenvalue weighted by molar-refractivity contribution is -0.138. The summed E-state index contributed by atoms with van der Waals surface area (Å²) in [4.78, 5) is 15.4. The SMILES string of the molecule is Nc1ccc(C(F)(F)F)cc1.[C-]#[N+]/N=C(\Nc1ccc(C(F)(F)F)cc1)N1CCCC1c1nccn1Cc1ccc(Cl)cc1.[C-]#[N+]/N=C(\Nc1ccc(C(F)(F)F)cc1)Oc1ccccc1.[C-]#[N+]N=C(Oc1ccccc1)Oc1ccccc1. The number of imidazole rings is 1. The van der Waals surface area contributed by atoms with E-state index < -0.39 is 35.2 Å². The number of para-hydroxylation sites is 3. The molecule has 1 unspecified atom stereocenters. The molecule has 4 N–H and O–H groups in total. The van der Waals surface area contributed by atoms with E-state index in [2.05, 4.69) is 45.8 Å². The first-order chi connectivity index (χ1) is 40.2. The van der Waals surface area contributed by atoms with Crippen molar-refractivity contribution in [1.82, 2.24) is 14.5 Å². The number of hydrogen-bond acceptors (Lipinski definition) is 8. The number of nitrogens with zero attached hydrogens (tertiary/aromatic N) is 9. The number of nitrogens with one attached hydrogen (secondary N) is 2. The summed E-state index contributed by atoms with van der Waals surface area (Å²) in [5.41, 5.74) is 5.18. The Balaban J connectivity index is 0.000000193. The average Bonchev–Trinajstić information content (AvgIpc) is 4.28. The van der Waals surface area contributed by atoms with Crippen molar-refractivity contribution in [2.75, 3.05) is 22.9 Å². The van der Waals surface area contributed by atoms with Crippen LogP contribution in [-0.2, 0) is 25.1 Å². The number of likely N-dealkylation sites (tertiary alicyclic amines) is 1. The Morgan fingerprint density at radius 3 is 1.46 bits per heavy atom. The Bertz CT molecular complexity index is 3510. The fourth-order valence-corrected chi connectivity index (χ4v) is 7.56. The molecule has 430 valence electrons. The van der Waals surface area contributed by atoms with E-state index >= 15 is 0 Å². The molecule has 1 saturated heterocycles. The van der Waals surface area contributed by atoms with Gasteiger partial charge in [-0.3, -0.25) is 0 Å². The number of halogens is 10. The van der Waals surface area contributed by atoms with Crippen LogP contribution in [0.25, 0.3) is 14.9 Å². The molecule has 1 fully saturated rings. The van der Waals surface area contributed by atoms with Gasteiger partial charge >= 0.3 is 30.6 Å². The molecule has 1 aliphatic heterocycles. The van der Waals surface area contributed by atoms with Gasteiger partial charge in [0.25, 0.3) is 5.96 Å². The van der Waals surface area contributed by atoms with Crippen molar-refractivity contribution in [3.63, 3.8) is 0 Å². The van der Waals surface area contributed by atoms with E-state index in [9.17, 15) is 39.5 Å². The molecule has 0 radical (unpaired) electrons. The minimum absolute atomic E-state index is 0.0950. The molecule has 2 heterocycles. The number of aromatic nitrogens is 2. The molecule has 0 amide bonds. The molecule has 1 atom stereocenters. The molecule has 7 aromatic carbocycles. The number of ether oxygens (including phenoxy) is 3. The van der Waals surface area contributed by atoms with Gasteiger partial charge in [-0.1, -0.05) is 78.3 Å². The Morgan fingerprint density at radius 1 is 0.571 bits per heavy atom. The lowest BCUT2D eigenvalue weighted by Gasteiger charge is -2.26. The van der Waals surface area contributed by atoms with Crippen LogP contribution in [0.5, 0.6) is 17.2 Å². The number of anilines is 3. The van der Waals surface area contributed by atoms with E-state index in [4.69, 9.17) is 51.3 Å². The average molecular weight is 1180 g/mol. The molecule has 15 nitrogen and oxygen atoms in total. The van der Waals surface area contributed by atoms with Gasteiger partial charge in [-0.25, -0.2) is 4.98 Å². The summed E-state index contributed by atoms with van der Waals surface area (Å²) >= 11 is 5.98. The normalized spacial score (nSPS) is 13.0. The van der Waals surface area contributed by atoms with Crippen molar-refractivity contribution in [3.8, 4) is 17.2 Å². The number of nitrogen functional groups attached to an aromatic ring is 1. The van der Waals surface area contributed by atoms with Gasteiger partial charge in [0, 0.05) is 47.6 Å². The van der Waals surface area contributed by atoms with Crippen LogP contribution in [0.15, 0.2) is 216 Å². The molecule has 25 heteroatoms. The highest BCUT2D eigenvalue weighted by Crippen LogP contribution is 2.35. The summed E-state index contributed by atoms with van der Waals surface area (Å²) < 4.78 is 130. The van der Waals surface area contributed by atoms with Gasteiger partial charge in [0.05, 0.1) is 22.7 Å². The lowest BCUT2D eigenvalue weighted by atomic mass is 10.2. The van der Waals surface area contributed by atoms with Gasteiger partial charge in [0.1, 0.15) is 33.3 Å². The van der Waals surface area contributed by atoms with Crippen molar-refractivity contribution < 1.29 is 53.7 Å². The first-order valence-electron chi connectivity index (χ1n) is 24.6. The second-order valence-electron chi connectivity index (χ2n) is 17.2. The van der Waals surface area contributed by atoms with Crippen molar-refractivity contribution in [1.29, 1.82) is 0 Å². The van der Waals surface area contributed by atoms with Gasteiger partial charge in [0.15, 0.2) is 5.10 Å². The van der Waals surface area contributed by atoms with Crippen LogP contribution in [0, 0.1) is 19.7 Å². The van der Waals surface area contributed by atoms with Crippen LogP contribution in [0.4, 0.5) is 56.6 Å². The van der Waals surface area contributed by atoms with E-state index in [0.29, 0.717) is 52.4 Å². The van der Waals surface area contributed by atoms with Crippen LogP contribution in [0.2, 0.25) is 5.02 Å². The third-order valence-corrected chi connectivity index (χ3v) is 11.5. The number of guanidine groups is 1. The van der Waals surface area contributed by atoms with Crippen LogP contribution < -0.4 is 30.6 Å². The van der Waals surface area contributed by atoms with Gasteiger partial charge in [-0.2, -0.15) is 59.2 Å². The predicted octanol–water partition coefficient (Wildman–Crippen LogP) is 16.1. The van der Waals surface area contributed by atoms with E-state index in [1.807, 2.05) is 76.3 Å². The quantitative estimate of drug-likeness (QED) is 0.0340. The van der Waals surface area contributed by atoms with Crippen molar-refractivity contribution in [2.45, 2.75) is 44.0 Å². The van der Waals surface area contributed by atoms with Gasteiger partial charge in [0.2, 0.25) is 0 Å². The van der Waals surface area contributed by atoms with Crippen LogP contribution in [0.1, 0.15) is 47.0 Å². The Hall–Kier alpha value is -10.5. The number of benzene rings is 7. The Kier molecular flexibility index (Phi) is 22.6. The minimum Gasteiger partial charge on any atom is -0.421 e. The van der Waals surface area contributed by atoms with Crippen molar-refractivity contribution in [3.05, 3.63) is 268 Å². The van der Waals surface area contributed by atoms with Crippen LogP contribution >= 0.6 is 11.6 Å². The molecule has 0 aliphatic carbocycles. The molecule has 84 heavy (non-hydrogen) atoms. The first kappa shape index (κ1) is 62.7.